The van der Waals surface area contributed by atoms with E-state index in [1.54, 1.807) is 0 Å². The Bertz CT molecular complexity index is 1660. The number of hydrogen-bond donors (Lipinski definition) is 2. The van der Waals surface area contributed by atoms with Gasteiger partial charge in [0.15, 0.2) is 26.9 Å². The minimum atomic E-state index is 0.476. The number of aryl methyl sites for hydroxylation is 1. The molecule has 2 aromatic carbocycles. The van der Waals surface area contributed by atoms with Gasteiger partial charge in [0.2, 0.25) is 0 Å². The molecule has 0 fully saturated rings. The van der Waals surface area contributed by atoms with Crippen LogP contribution in [-0.4, -0.2) is 44.5 Å². The molecule has 0 aliphatic heterocycles. The Morgan fingerprint density at radius 1 is 0.605 bits per heavy atom. The second kappa shape index (κ2) is 15.7. The van der Waals surface area contributed by atoms with E-state index in [-0.39, 0.29) is 0 Å². The third-order valence-electron chi connectivity index (χ3n) is 7.76. The molecule has 2 N–H and O–H groups in total. The van der Waals surface area contributed by atoms with E-state index in [1.807, 2.05) is 74.5 Å². The first-order valence-corrected chi connectivity index (χ1v) is 16.4. The first-order valence-electron chi connectivity index (χ1n) is 15.6. The molecule has 3 heterocycles. The van der Waals surface area contributed by atoms with Crippen LogP contribution in [0.5, 0.6) is 0 Å². The van der Waals surface area contributed by atoms with Crippen LogP contribution in [0.4, 0.5) is 0 Å². The van der Waals surface area contributed by atoms with Crippen molar-refractivity contribution >= 4 is 24.4 Å². The normalized spacial score (nSPS) is 11.4. The molecule has 5 rings (SSSR count). The monoisotopic (exact) mass is 615 g/mol. The Kier molecular flexibility index (Phi) is 11.2. The summed E-state index contributed by atoms with van der Waals surface area (Å²) >= 11 is 11.3. The van der Waals surface area contributed by atoms with E-state index in [2.05, 4.69) is 37.6 Å². The molecule has 9 nitrogen and oxygen atoms in total. The van der Waals surface area contributed by atoms with Crippen LogP contribution in [0.3, 0.4) is 0 Å². The van der Waals surface area contributed by atoms with E-state index < -0.39 is 0 Å². The summed E-state index contributed by atoms with van der Waals surface area (Å²) in [6.45, 7) is 2.99. The Morgan fingerprint density at radius 3 is 1.60 bits per heavy atom. The van der Waals surface area contributed by atoms with Gasteiger partial charge < -0.3 is 0 Å². The lowest BCUT2D eigenvalue weighted by molar-refractivity contribution is 0.507. The maximum Gasteiger partial charge on any atom is 0.200 e. The summed E-state index contributed by atoms with van der Waals surface area (Å²) in [5, 5.41) is 24.5. The van der Waals surface area contributed by atoms with Gasteiger partial charge >= 0.3 is 0 Å². The van der Waals surface area contributed by atoms with Crippen molar-refractivity contribution in [3.05, 3.63) is 70.2 Å². The molecule has 0 aliphatic carbocycles. The zero-order valence-electron chi connectivity index (χ0n) is 24.9. The average Bonchev–Trinajstić information content (AvgIpc) is 3.74. The lowest BCUT2D eigenvalue weighted by Gasteiger charge is -2.11. The highest BCUT2D eigenvalue weighted by molar-refractivity contribution is 7.71. The maximum absolute atomic E-state index is 5.68. The molecule has 0 spiro atoms. The van der Waals surface area contributed by atoms with Gasteiger partial charge in [-0.15, -0.1) is 5.10 Å². The molecule has 11 heteroatoms. The van der Waals surface area contributed by atoms with Crippen molar-refractivity contribution in [1.29, 1.82) is 0 Å². The standard InChI is InChI=1S/C32H41N9S2/c1-2-3-4-5-6-7-8-9-10-11-12-19-24-39-28(30-35-37-32(43)41(30)26-22-17-14-18-23-26)27(33-38-39)29-34-36-31(42)40(29)25-20-15-13-16-21-25/h13-18,20-23H,2-12,19,24H2,1H3,(H,36,42)(H,37,43). The predicted molar refractivity (Wildman–Crippen MR) is 177 cm³/mol. The number of para-hydroxylation sites is 2. The number of benzene rings is 2. The van der Waals surface area contributed by atoms with Crippen molar-refractivity contribution in [2.45, 2.75) is 90.5 Å². The Morgan fingerprint density at radius 2 is 1.07 bits per heavy atom. The average molecular weight is 616 g/mol. The molecule has 0 aliphatic rings. The fourth-order valence-corrected chi connectivity index (χ4v) is 5.96. The summed E-state index contributed by atoms with van der Waals surface area (Å²) in [6.07, 6.45) is 15.5. The lowest BCUT2D eigenvalue weighted by atomic mass is 10.1. The number of aromatic nitrogens is 9. The number of aromatic amines is 2. The van der Waals surface area contributed by atoms with Gasteiger partial charge in [-0.3, -0.25) is 19.3 Å². The van der Waals surface area contributed by atoms with Crippen LogP contribution in [0.25, 0.3) is 34.4 Å². The number of nitrogens with one attached hydrogen (secondary N) is 2. The van der Waals surface area contributed by atoms with Gasteiger partial charge in [-0.2, -0.15) is 10.2 Å². The topological polar surface area (TPSA) is 97.9 Å². The van der Waals surface area contributed by atoms with Gasteiger partial charge in [0.1, 0.15) is 5.69 Å². The van der Waals surface area contributed by atoms with E-state index in [0.717, 1.165) is 29.9 Å². The SMILES string of the molecule is CCCCCCCCCCCCCCn1nnc(-c2n[nH]c(=S)n2-c2ccccc2)c1-c1n[nH]c(=S)n1-c1ccccc1. The fraction of sp³-hybridized carbons (Fsp3) is 0.438. The molecule has 5 aromatic rings. The molecule has 0 saturated carbocycles. The molecule has 0 bridgehead atoms. The third kappa shape index (κ3) is 7.64. The first kappa shape index (κ1) is 30.7. The largest absolute Gasteiger partial charge is 0.267 e. The second-order valence-corrected chi connectivity index (χ2v) is 11.7. The lowest BCUT2D eigenvalue weighted by Crippen LogP contribution is -2.08. The van der Waals surface area contributed by atoms with E-state index in [1.165, 1.54) is 64.2 Å². The van der Waals surface area contributed by atoms with Crippen molar-refractivity contribution in [2.24, 2.45) is 0 Å². The second-order valence-electron chi connectivity index (χ2n) is 10.9. The molecule has 0 unspecified atom stereocenters. The number of hydrogen-bond acceptors (Lipinski definition) is 6. The molecule has 226 valence electrons. The quantitative estimate of drug-likeness (QED) is 0.0801. The smallest absolute Gasteiger partial charge is 0.200 e. The highest BCUT2D eigenvalue weighted by Crippen LogP contribution is 2.31. The summed E-state index contributed by atoms with van der Waals surface area (Å²) in [6, 6.07) is 19.9. The van der Waals surface area contributed by atoms with Gasteiger partial charge in [0.05, 0.1) is 11.4 Å². The zero-order chi connectivity index (χ0) is 29.9. The van der Waals surface area contributed by atoms with Gasteiger partial charge in [-0.1, -0.05) is 119 Å². The van der Waals surface area contributed by atoms with Crippen molar-refractivity contribution in [3.8, 4) is 34.4 Å². The fourth-order valence-electron chi connectivity index (χ4n) is 5.49. The van der Waals surface area contributed by atoms with Gasteiger partial charge in [-0.25, -0.2) is 4.68 Å². The van der Waals surface area contributed by atoms with E-state index in [4.69, 9.17) is 24.4 Å². The Hall–Kier alpha value is -3.70. The van der Waals surface area contributed by atoms with E-state index in [9.17, 15) is 0 Å². The van der Waals surface area contributed by atoms with Gasteiger partial charge in [-0.05, 0) is 55.1 Å². The van der Waals surface area contributed by atoms with Crippen LogP contribution >= 0.6 is 24.4 Å². The van der Waals surface area contributed by atoms with Crippen molar-refractivity contribution in [3.63, 3.8) is 0 Å². The van der Waals surface area contributed by atoms with E-state index in [0.29, 0.717) is 33.4 Å². The molecule has 43 heavy (non-hydrogen) atoms. The summed E-state index contributed by atoms with van der Waals surface area (Å²) in [5.41, 5.74) is 3.12. The number of unbranched alkanes of at least 4 members (excludes halogenated alkanes) is 11. The summed E-state index contributed by atoms with van der Waals surface area (Å²) in [7, 11) is 0. The summed E-state index contributed by atoms with van der Waals surface area (Å²) < 4.78 is 6.70. The highest BCUT2D eigenvalue weighted by atomic mass is 32.1. The minimum Gasteiger partial charge on any atom is -0.267 e. The maximum atomic E-state index is 5.68. The van der Waals surface area contributed by atoms with Crippen LogP contribution in [0.2, 0.25) is 0 Å². The first-order chi connectivity index (χ1) is 21.2. The summed E-state index contributed by atoms with van der Waals surface area (Å²) in [4.78, 5) is 0. The number of H-pyrrole nitrogens is 2. The molecular weight excluding hydrogens is 575 g/mol. The molecule has 3 aromatic heterocycles. The molecule has 0 atom stereocenters. The van der Waals surface area contributed by atoms with Gasteiger partial charge in [0.25, 0.3) is 0 Å². The predicted octanol–water partition coefficient (Wildman–Crippen LogP) is 8.80. The zero-order valence-corrected chi connectivity index (χ0v) is 26.5. The molecule has 0 saturated heterocycles. The molecular formula is C32H41N9S2. The van der Waals surface area contributed by atoms with Crippen LogP contribution in [-0.2, 0) is 6.54 Å². The molecule has 0 amide bonds. The van der Waals surface area contributed by atoms with Crippen molar-refractivity contribution in [1.82, 2.24) is 44.5 Å². The summed E-state index contributed by atoms with van der Waals surface area (Å²) in [5.74, 6) is 1.20. The van der Waals surface area contributed by atoms with E-state index >= 15 is 0 Å². The molecule has 0 radical (unpaired) electrons. The van der Waals surface area contributed by atoms with Crippen molar-refractivity contribution in [2.75, 3.05) is 0 Å². The highest BCUT2D eigenvalue weighted by Gasteiger charge is 2.26. The number of nitrogens with zero attached hydrogens (tertiary/aromatic N) is 7. The third-order valence-corrected chi connectivity index (χ3v) is 8.30. The van der Waals surface area contributed by atoms with Crippen molar-refractivity contribution < 1.29 is 0 Å². The number of rotatable bonds is 17. The Balaban J connectivity index is 1.36. The van der Waals surface area contributed by atoms with Crippen LogP contribution < -0.4 is 0 Å². The Labute approximate surface area is 263 Å². The van der Waals surface area contributed by atoms with Crippen LogP contribution in [0.1, 0.15) is 84.0 Å². The van der Waals surface area contributed by atoms with Crippen LogP contribution in [0.15, 0.2) is 60.7 Å². The minimum absolute atomic E-state index is 0.476. The van der Waals surface area contributed by atoms with Gasteiger partial charge in [0, 0.05) is 6.54 Å². The van der Waals surface area contributed by atoms with Crippen LogP contribution in [0, 0.1) is 9.54 Å².